The maximum Gasteiger partial charge on any atom is 0.482 e. The zero-order chi connectivity index (χ0) is 20.5. The first-order valence-corrected chi connectivity index (χ1v) is 10.5. The van der Waals surface area contributed by atoms with Crippen LogP contribution in [0.2, 0.25) is 0 Å². The Hall–Kier alpha value is -0.720. The Bertz CT molecular complexity index is 647. The molecule has 0 bridgehead atoms. The number of rotatable bonds is 2. The molecule has 0 amide bonds. The van der Waals surface area contributed by atoms with Crippen LogP contribution in [0.5, 0.6) is 0 Å². The Labute approximate surface area is 162 Å². The molecule has 4 rings (SSSR count). The molecular formula is C21H29F5O2. The summed E-state index contributed by atoms with van der Waals surface area (Å²) in [5, 5.41) is 0. The van der Waals surface area contributed by atoms with Crippen LogP contribution in [0.25, 0.3) is 0 Å². The zero-order valence-corrected chi connectivity index (χ0v) is 16.5. The number of hydrogen-bond donors (Lipinski definition) is 0. The number of halogens is 5. The first-order valence-electron chi connectivity index (χ1n) is 10.5. The van der Waals surface area contributed by atoms with Gasteiger partial charge in [0.05, 0.1) is 6.10 Å². The molecule has 0 unspecified atom stereocenters. The molecule has 0 aromatic heterocycles. The van der Waals surface area contributed by atoms with Crippen LogP contribution in [0.4, 0.5) is 22.0 Å². The summed E-state index contributed by atoms with van der Waals surface area (Å²) in [4.78, 5) is 12.4. The summed E-state index contributed by atoms with van der Waals surface area (Å²) in [7, 11) is 0. The molecule has 0 aliphatic heterocycles. The largest absolute Gasteiger partial charge is 0.482 e. The van der Waals surface area contributed by atoms with Crippen molar-refractivity contribution in [1.82, 2.24) is 0 Å². The Morgan fingerprint density at radius 2 is 1.64 bits per heavy atom. The van der Waals surface area contributed by atoms with Gasteiger partial charge in [-0.05, 0) is 80.5 Å². The van der Waals surface area contributed by atoms with E-state index < -0.39 is 18.4 Å². The number of ether oxygens (including phenoxy) is 1. The fourth-order valence-corrected chi connectivity index (χ4v) is 7.37. The van der Waals surface area contributed by atoms with E-state index in [1.165, 1.54) is 0 Å². The molecule has 0 saturated heterocycles. The highest BCUT2D eigenvalue weighted by Crippen LogP contribution is 2.65. The Morgan fingerprint density at radius 3 is 2.32 bits per heavy atom. The van der Waals surface area contributed by atoms with Crippen molar-refractivity contribution in [1.29, 1.82) is 0 Å². The Morgan fingerprint density at radius 1 is 0.929 bits per heavy atom. The van der Waals surface area contributed by atoms with Crippen LogP contribution in [0.3, 0.4) is 0 Å². The third-order valence-corrected chi connectivity index (χ3v) is 8.97. The SMILES string of the molecule is C[C@]12CC[C@H](OC(F)(F)C(F)(F)F)C[C@@H]1CC[C@@H]1[C@@H]2CC[C@]2(C)C(=O)CC[C@@H]12. The van der Waals surface area contributed by atoms with E-state index in [-0.39, 0.29) is 29.6 Å². The van der Waals surface area contributed by atoms with Crippen molar-refractivity contribution in [3.8, 4) is 0 Å². The van der Waals surface area contributed by atoms with Crippen molar-refractivity contribution in [2.45, 2.75) is 90.0 Å². The molecule has 0 aromatic carbocycles. The first kappa shape index (κ1) is 20.5. The van der Waals surface area contributed by atoms with Crippen LogP contribution in [0.15, 0.2) is 0 Å². The number of alkyl halides is 5. The zero-order valence-electron chi connectivity index (χ0n) is 16.5. The van der Waals surface area contributed by atoms with Gasteiger partial charge in [0.25, 0.3) is 0 Å². The third-order valence-electron chi connectivity index (χ3n) is 8.97. The number of ketones is 1. The molecule has 7 atom stereocenters. The lowest BCUT2D eigenvalue weighted by Gasteiger charge is -2.60. The van der Waals surface area contributed by atoms with Crippen LogP contribution >= 0.6 is 0 Å². The van der Waals surface area contributed by atoms with E-state index in [4.69, 9.17) is 0 Å². The second-order valence-electron chi connectivity index (χ2n) is 10.1. The maximum atomic E-state index is 13.4. The number of Topliss-reactive ketones (excluding diaryl/α,β-unsaturated/α-hetero) is 1. The fraction of sp³-hybridized carbons (Fsp3) is 0.952. The summed E-state index contributed by atoms with van der Waals surface area (Å²) in [6.07, 6.45) is -5.46. The van der Waals surface area contributed by atoms with E-state index in [2.05, 4.69) is 18.6 Å². The minimum absolute atomic E-state index is 0.0523. The minimum Gasteiger partial charge on any atom is -0.310 e. The molecule has 4 aliphatic carbocycles. The molecule has 0 N–H and O–H groups in total. The molecule has 4 fully saturated rings. The molecule has 28 heavy (non-hydrogen) atoms. The lowest BCUT2D eigenvalue weighted by Crippen LogP contribution is -2.55. The van der Waals surface area contributed by atoms with Gasteiger partial charge in [-0.3, -0.25) is 4.79 Å². The molecule has 0 radical (unpaired) electrons. The molecular weight excluding hydrogens is 379 g/mol. The lowest BCUT2D eigenvalue weighted by atomic mass is 9.45. The summed E-state index contributed by atoms with van der Waals surface area (Å²) in [5.74, 6) is 1.80. The summed E-state index contributed by atoms with van der Waals surface area (Å²) >= 11 is 0. The van der Waals surface area contributed by atoms with E-state index in [1.807, 2.05) is 0 Å². The van der Waals surface area contributed by atoms with Gasteiger partial charge in [-0.1, -0.05) is 13.8 Å². The third kappa shape index (κ3) is 2.93. The smallest absolute Gasteiger partial charge is 0.310 e. The van der Waals surface area contributed by atoms with Gasteiger partial charge in [0.2, 0.25) is 0 Å². The highest BCUT2D eigenvalue weighted by atomic mass is 19.4. The van der Waals surface area contributed by atoms with Crippen molar-refractivity contribution < 1.29 is 31.5 Å². The normalized spacial score (nSPS) is 46.7. The molecule has 160 valence electrons. The van der Waals surface area contributed by atoms with Gasteiger partial charge in [0, 0.05) is 11.8 Å². The quantitative estimate of drug-likeness (QED) is 0.513. The molecule has 0 spiro atoms. The van der Waals surface area contributed by atoms with Gasteiger partial charge in [-0.2, -0.15) is 22.0 Å². The maximum absolute atomic E-state index is 13.4. The van der Waals surface area contributed by atoms with Crippen molar-refractivity contribution in [2.75, 3.05) is 0 Å². The number of hydrogen-bond acceptors (Lipinski definition) is 2. The average molecular weight is 408 g/mol. The molecule has 4 aliphatic rings. The molecule has 2 nitrogen and oxygen atoms in total. The Balaban J connectivity index is 1.48. The first-order chi connectivity index (χ1) is 12.9. The predicted molar refractivity (Wildman–Crippen MR) is 92.6 cm³/mol. The van der Waals surface area contributed by atoms with Crippen LogP contribution in [0, 0.1) is 34.5 Å². The van der Waals surface area contributed by atoms with Gasteiger partial charge in [-0.15, -0.1) is 0 Å². The fourth-order valence-electron chi connectivity index (χ4n) is 7.37. The molecule has 4 saturated carbocycles. The minimum atomic E-state index is -5.67. The van der Waals surface area contributed by atoms with E-state index in [9.17, 15) is 26.7 Å². The second kappa shape index (κ2) is 6.39. The van der Waals surface area contributed by atoms with Crippen LogP contribution in [0.1, 0.15) is 71.6 Å². The number of carbonyl (C=O) groups excluding carboxylic acids is 1. The molecule has 0 heterocycles. The van der Waals surface area contributed by atoms with Crippen LogP contribution < -0.4 is 0 Å². The van der Waals surface area contributed by atoms with Crippen molar-refractivity contribution in [3.05, 3.63) is 0 Å². The van der Waals surface area contributed by atoms with Gasteiger partial charge in [-0.25, -0.2) is 0 Å². The predicted octanol–water partition coefficient (Wildman–Crippen LogP) is 6.14. The lowest BCUT2D eigenvalue weighted by molar-refractivity contribution is -0.405. The summed E-state index contributed by atoms with van der Waals surface area (Å²) in [5.41, 5.74) is -0.261. The van der Waals surface area contributed by atoms with E-state index >= 15 is 0 Å². The van der Waals surface area contributed by atoms with Gasteiger partial charge in [0.15, 0.2) is 0 Å². The Kier molecular flexibility index (Phi) is 4.69. The average Bonchev–Trinajstić information content (AvgIpc) is 2.89. The van der Waals surface area contributed by atoms with Crippen LogP contribution in [-0.4, -0.2) is 24.2 Å². The second-order valence-corrected chi connectivity index (χ2v) is 10.1. The monoisotopic (exact) mass is 408 g/mol. The molecule has 0 aromatic rings. The summed E-state index contributed by atoms with van der Waals surface area (Å²) in [6.45, 7) is 4.31. The van der Waals surface area contributed by atoms with Crippen molar-refractivity contribution >= 4 is 5.78 Å². The van der Waals surface area contributed by atoms with Crippen LogP contribution in [-0.2, 0) is 9.53 Å². The van der Waals surface area contributed by atoms with Crippen molar-refractivity contribution in [3.63, 3.8) is 0 Å². The van der Waals surface area contributed by atoms with E-state index in [0.717, 1.165) is 32.1 Å². The van der Waals surface area contributed by atoms with Gasteiger partial charge in [0.1, 0.15) is 5.78 Å². The topological polar surface area (TPSA) is 26.3 Å². The van der Waals surface area contributed by atoms with Gasteiger partial charge >= 0.3 is 12.3 Å². The summed E-state index contributed by atoms with van der Waals surface area (Å²) < 4.78 is 68.5. The van der Waals surface area contributed by atoms with E-state index in [0.29, 0.717) is 36.4 Å². The van der Waals surface area contributed by atoms with Crippen molar-refractivity contribution in [2.24, 2.45) is 34.5 Å². The standard InChI is InChI=1S/C21H29F5O2/c1-18-9-7-13(28-21(25,26)20(22,23)24)11-12(18)3-4-14-15-5-6-17(27)19(15,2)10-8-16(14)18/h12-16H,3-11H2,1-2H3/t12-,13-,14-,15-,16-,18-,19-/m0/s1. The molecule has 7 heteroatoms. The number of fused-ring (bicyclic) bond motifs is 5. The summed E-state index contributed by atoms with van der Waals surface area (Å²) in [6, 6.07) is 0. The highest BCUT2D eigenvalue weighted by Gasteiger charge is 2.63. The number of carbonyl (C=O) groups is 1. The van der Waals surface area contributed by atoms with Gasteiger partial charge < -0.3 is 4.74 Å². The highest BCUT2D eigenvalue weighted by molar-refractivity contribution is 5.87. The van der Waals surface area contributed by atoms with E-state index in [1.54, 1.807) is 0 Å².